The van der Waals surface area contributed by atoms with Crippen LogP contribution in [0.3, 0.4) is 0 Å². The fourth-order valence-electron chi connectivity index (χ4n) is 1.77. The van der Waals surface area contributed by atoms with Gasteiger partial charge in [0, 0.05) is 30.1 Å². The molecule has 2 aromatic rings. The fraction of sp³-hybridized carbons (Fsp3) is 0.286. The Morgan fingerprint density at radius 1 is 1.33 bits per heavy atom. The summed E-state index contributed by atoms with van der Waals surface area (Å²) >= 11 is 0. The number of ether oxygens (including phenoxy) is 2. The molecule has 1 N–H and O–H groups in total. The summed E-state index contributed by atoms with van der Waals surface area (Å²) in [6, 6.07) is 5.47. The maximum atomic E-state index is 11.5. The standard InChI is InChI=1S/C14H16N4O3/c1-9-7-11(18-12(17-9)14(19)21-3)16-8-10-5-4-6-15-13(10)20-2/h4-7H,8H2,1-3H3,(H,16,17,18). The van der Waals surface area contributed by atoms with Crippen LogP contribution >= 0.6 is 0 Å². The highest BCUT2D eigenvalue weighted by Gasteiger charge is 2.11. The summed E-state index contributed by atoms with van der Waals surface area (Å²) in [6.45, 7) is 2.25. The highest BCUT2D eigenvalue weighted by Crippen LogP contribution is 2.15. The zero-order valence-corrected chi connectivity index (χ0v) is 12.1. The Balaban J connectivity index is 2.16. The first-order valence-corrected chi connectivity index (χ1v) is 6.29. The molecule has 0 saturated carbocycles. The summed E-state index contributed by atoms with van der Waals surface area (Å²) in [6.07, 6.45) is 1.66. The number of hydrogen-bond donors (Lipinski definition) is 1. The lowest BCUT2D eigenvalue weighted by Gasteiger charge is -2.10. The summed E-state index contributed by atoms with van der Waals surface area (Å²) in [5.74, 6) is 0.539. The summed E-state index contributed by atoms with van der Waals surface area (Å²) in [4.78, 5) is 23.8. The molecule has 110 valence electrons. The number of pyridine rings is 1. The van der Waals surface area contributed by atoms with E-state index >= 15 is 0 Å². The molecule has 0 fully saturated rings. The van der Waals surface area contributed by atoms with Crippen molar-refractivity contribution in [2.45, 2.75) is 13.5 Å². The van der Waals surface area contributed by atoms with Crippen molar-refractivity contribution in [3.8, 4) is 5.88 Å². The maximum Gasteiger partial charge on any atom is 0.376 e. The summed E-state index contributed by atoms with van der Waals surface area (Å²) < 4.78 is 9.80. The van der Waals surface area contributed by atoms with Crippen LogP contribution in [0.2, 0.25) is 0 Å². The smallest absolute Gasteiger partial charge is 0.376 e. The van der Waals surface area contributed by atoms with Crippen LogP contribution < -0.4 is 10.1 Å². The molecule has 0 atom stereocenters. The number of aromatic nitrogens is 3. The van der Waals surface area contributed by atoms with Gasteiger partial charge in [0.15, 0.2) is 0 Å². The average molecular weight is 288 g/mol. The van der Waals surface area contributed by atoms with Gasteiger partial charge < -0.3 is 14.8 Å². The van der Waals surface area contributed by atoms with Gasteiger partial charge >= 0.3 is 5.97 Å². The van der Waals surface area contributed by atoms with Gasteiger partial charge in [0.2, 0.25) is 11.7 Å². The Morgan fingerprint density at radius 3 is 2.86 bits per heavy atom. The van der Waals surface area contributed by atoms with E-state index < -0.39 is 5.97 Å². The Kier molecular flexibility index (Phi) is 4.65. The summed E-state index contributed by atoms with van der Waals surface area (Å²) in [5.41, 5.74) is 1.56. The summed E-state index contributed by atoms with van der Waals surface area (Å²) in [7, 11) is 2.86. The second-order valence-electron chi connectivity index (χ2n) is 4.24. The van der Waals surface area contributed by atoms with Crippen molar-refractivity contribution in [3.05, 3.63) is 41.5 Å². The molecule has 0 saturated heterocycles. The van der Waals surface area contributed by atoms with E-state index in [4.69, 9.17) is 4.74 Å². The third-order valence-electron chi connectivity index (χ3n) is 2.73. The van der Waals surface area contributed by atoms with Crippen molar-refractivity contribution in [1.29, 1.82) is 0 Å². The third-order valence-corrected chi connectivity index (χ3v) is 2.73. The Morgan fingerprint density at radius 2 is 2.14 bits per heavy atom. The summed E-state index contributed by atoms with van der Waals surface area (Å²) in [5, 5.41) is 3.12. The first-order chi connectivity index (χ1) is 10.1. The van der Waals surface area contributed by atoms with Gasteiger partial charge in [-0.25, -0.2) is 19.7 Å². The van der Waals surface area contributed by atoms with Gasteiger partial charge in [0.25, 0.3) is 0 Å². The number of carbonyl (C=O) groups is 1. The average Bonchev–Trinajstić information content (AvgIpc) is 2.51. The molecule has 7 nitrogen and oxygen atoms in total. The Labute approximate surface area is 122 Å². The van der Waals surface area contributed by atoms with Gasteiger partial charge in [0.1, 0.15) is 5.82 Å². The van der Waals surface area contributed by atoms with Crippen molar-refractivity contribution in [3.63, 3.8) is 0 Å². The Hall–Kier alpha value is -2.70. The minimum atomic E-state index is -0.569. The van der Waals surface area contributed by atoms with Crippen LogP contribution in [0.4, 0.5) is 5.82 Å². The van der Waals surface area contributed by atoms with Crippen LogP contribution in [-0.2, 0) is 11.3 Å². The van der Waals surface area contributed by atoms with Crippen LogP contribution in [0.5, 0.6) is 5.88 Å². The molecule has 21 heavy (non-hydrogen) atoms. The van der Waals surface area contributed by atoms with Crippen molar-refractivity contribution in [2.24, 2.45) is 0 Å². The predicted octanol–water partition coefficient (Wildman–Crippen LogP) is 1.59. The molecule has 0 radical (unpaired) electrons. The number of nitrogens with zero attached hydrogens (tertiary/aromatic N) is 3. The van der Waals surface area contributed by atoms with E-state index in [9.17, 15) is 4.79 Å². The van der Waals surface area contributed by atoms with Crippen LogP contribution in [0.15, 0.2) is 24.4 Å². The zero-order chi connectivity index (χ0) is 15.2. The maximum absolute atomic E-state index is 11.5. The molecule has 2 aromatic heterocycles. The van der Waals surface area contributed by atoms with Gasteiger partial charge in [-0.15, -0.1) is 0 Å². The number of aryl methyl sites for hydroxylation is 1. The molecule has 0 bridgehead atoms. The Bertz CT molecular complexity index is 646. The quantitative estimate of drug-likeness (QED) is 0.836. The molecule has 0 aliphatic rings. The van der Waals surface area contributed by atoms with E-state index in [2.05, 4.69) is 25.0 Å². The van der Waals surface area contributed by atoms with Gasteiger partial charge in [0.05, 0.1) is 14.2 Å². The monoisotopic (exact) mass is 288 g/mol. The van der Waals surface area contributed by atoms with Gasteiger partial charge in [-0.2, -0.15) is 0 Å². The highest BCUT2D eigenvalue weighted by atomic mass is 16.5. The first kappa shape index (κ1) is 14.7. The zero-order valence-electron chi connectivity index (χ0n) is 12.1. The molecule has 0 aliphatic carbocycles. The van der Waals surface area contributed by atoms with E-state index in [0.717, 1.165) is 5.56 Å². The number of nitrogens with one attached hydrogen (secondary N) is 1. The highest BCUT2D eigenvalue weighted by molar-refractivity contribution is 5.85. The number of rotatable bonds is 5. The van der Waals surface area contributed by atoms with E-state index in [-0.39, 0.29) is 5.82 Å². The molecule has 0 unspecified atom stereocenters. The molecular formula is C14H16N4O3. The second kappa shape index (κ2) is 6.65. The number of hydrogen-bond acceptors (Lipinski definition) is 7. The predicted molar refractivity (Wildman–Crippen MR) is 76.2 cm³/mol. The van der Waals surface area contributed by atoms with Crippen molar-refractivity contribution < 1.29 is 14.3 Å². The number of carbonyl (C=O) groups excluding carboxylic acids is 1. The van der Waals surface area contributed by atoms with Crippen molar-refractivity contribution in [1.82, 2.24) is 15.0 Å². The van der Waals surface area contributed by atoms with Crippen LogP contribution in [-0.4, -0.2) is 35.1 Å². The largest absolute Gasteiger partial charge is 0.481 e. The molecule has 2 rings (SSSR count). The van der Waals surface area contributed by atoms with E-state index in [0.29, 0.717) is 23.9 Å². The van der Waals surface area contributed by atoms with Gasteiger partial charge in [-0.3, -0.25) is 0 Å². The number of methoxy groups -OCH3 is 2. The minimum absolute atomic E-state index is 0.0261. The first-order valence-electron chi connectivity index (χ1n) is 6.29. The van der Waals surface area contributed by atoms with Gasteiger partial charge in [-0.05, 0) is 13.0 Å². The number of esters is 1. The SMILES string of the molecule is COC(=O)c1nc(C)cc(NCc2cccnc2OC)n1. The van der Waals surface area contributed by atoms with Gasteiger partial charge in [-0.1, -0.05) is 6.07 Å². The number of anilines is 1. The van der Waals surface area contributed by atoms with Crippen molar-refractivity contribution in [2.75, 3.05) is 19.5 Å². The second-order valence-corrected chi connectivity index (χ2v) is 4.24. The minimum Gasteiger partial charge on any atom is -0.481 e. The van der Waals surface area contributed by atoms with E-state index in [1.165, 1.54) is 7.11 Å². The third kappa shape index (κ3) is 3.65. The normalized spacial score (nSPS) is 10.0. The molecule has 0 aromatic carbocycles. The van der Waals surface area contributed by atoms with Crippen LogP contribution in [0.1, 0.15) is 21.9 Å². The van der Waals surface area contributed by atoms with E-state index in [1.54, 1.807) is 26.3 Å². The lowest BCUT2D eigenvalue weighted by molar-refractivity contribution is 0.0586. The molecule has 7 heteroatoms. The van der Waals surface area contributed by atoms with Crippen molar-refractivity contribution >= 4 is 11.8 Å². The van der Waals surface area contributed by atoms with Crippen LogP contribution in [0.25, 0.3) is 0 Å². The molecule has 0 spiro atoms. The van der Waals surface area contributed by atoms with Crippen LogP contribution in [0, 0.1) is 6.92 Å². The lowest BCUT2D eigenvalue weighted by atomic mass is 10.2. The molecule has 0 aliphatic heterocycles. The fourth-order valence-corrected chi connectivity index (χ4v) is 1.77. The lowest BCUT2D eigenvalue weighted by Crippen LogP contribution is -2.11. The van der Waals surface area contributed by atoms with E-state index in [1.807, 2.05) is 12.1 Å². The molecule has 0 amide bonds. The molecular weight excluding hydrogens is 272 g/mol. The molecule has 2 heterocycles. The topological polar surface area (TPSA) is 86.2 Å².